The van der Waals surface area contributed by atoms with Gasteiger partial charge in [-0.2, -0.15) is 5.10 Å². The average molecular weight is 323 g/mol. The predicted molar refractivity (Wildman–Crippen MR) is 93.5 cm³/mol. The first kappa shape index (κ1) is 15.8. The molecular formula is C15H19ClN4S. The Kier molecular flexibility index (Phi) is 4.54. The number of hydrogen-bond acceptors (Lipinski definition) is 2. The third kappa shape index (κ3) is 3.36. The summed E-state index contributed by atoms with van der Waals surface area (Å²) in [6.07, 6.45) is 0. The molecule has 0 fully saturated rings. The van der Waals surface area contributed by atoms with Crippen LogP contribution in [0.4, 0.5) is 11.4 Å². The molecule has 0 saturated heterocycles. The van der Waals surface area contributed by atoms with Gasteiger partial charge in [-0.15, -0.1) is 0 Å². The topological polar surface area (TPSA) is 41.9 Å². The Hall–Kier alpha value is -1.59. The highest BCUT2D eigenvalue weighted by Gasteiger charge is 2.12. The van der Waals surface area contributed by atoms with Gasteiger partial charge in [-0.05, 0) is 57.1 Å². The van der Waals surface area contributed by atoms with E-state index in [0.717, 1.165) is 33.9 Å². The maximum atomic E-state index is 6.28. The van der Waals surface area contributed by atoms with Crippen LogP contribution in [0.15, 0.2) is 12.1 Å². The van der Waals surface area contributed by atoms with Gasteiger partial charge in [0.1, 0.15) is 0 Å². The van der Waals surface area contributed by atoms with Gasteiger partial charge in [0, 0.05) is 7.05 Å². The zero-order valence-corrected chi connectivity index (χ0v) is 14.4. The smallest absolute Gasteiger partial charge is 0.175 e. The van der Waals surface area contributed by atoms with Gasteiger partial charge in [-0.3, -0.25) is 4.68 Å². The Morgan fingerprint density at radius 1 is 1.14 bits per heavy atom. The molecule has 0 aliphatic heterocycles. The monoisotopic (exact) mass is 322 g/mol. The summed E-state index contributed by atoms with van der Waals surface area (Å²) in [6, 6.07) is 3.98. The minimum atomic E-state index is 0.503. The first-order valence-corrected chi connectivity index (χ1v) is 7.43. The number of nitrogens with zero attached hydrogens (tertiary/aromatic N) is 2. The van der Waals surface area contributed by atoms with Crippen LogP contribution in [0.25, 0.3) is 0 Å². The van der Waals surface area contributed by atoms with E-state index in [4.69, 9.17) is 23.8 Å². The first-order valence-electron chi connectivity index (χ1n) is 6.64. The van der Waals surface area contributed by atoms with E-state index < -0.39 is 0 Å². The van der Waals surface area contributed by atoms with E-state index in [1.165, 1.54) is 0 Å². The van der Waals surface area contributed by atoms with E-state index in [-0.39, 0.29) is 0 Å². The molecule has 1 aromatic carbocycles. The minimum absolute atomic E-state index is 0.503. The summed E-state index contributed by atoms with van der Waals surface area (Å²) < 4.78 is 1.82. The van der Waals surface area contributed by atoms with E-state index in [1.807, 2.05) is 45.5 Å². The highest BCUT2D eigenvalue weighted by atomic mass is 35.5. The van der Waals surface area contributed by atoms with E-state index in [0.29, 0.717) is 10.1 Å². The summed E-state index contributed by atoms with van der Waals surface area (Å²) in [5.74, 6) is 0. The molecule has 0 bridgehead atoms. The third-order valence-corrected chi connectivity index (χ3v) is 3.92. The normalized spacial score (nSPS) is 10.6. The SMILES string of the molecule is Cc1cc(C)c(NC(=S)Nc2c(C)nn(C)c2C)c(Cl)c1. The van der Waals surface area contributed by atoms with Crippen molar-refractivity contribution in [3.8, 4) is 0 Å². The van der Waals surface area contributed by atoms with Crippen molar-refractivity contribution < 1.29 is 0 Å². The maximum Gasteiger partial charge on any atom is 0.175 e. The fourth-order valence-electron chi connectivity index (χ4n) is 2.29. The Balaban J connectivity index is 2.20. The standard InChI is InChI=1S/C15H19ClN4S/c1-8-6-9(2)13(12(16)7-8)17-15(21)18-14-10(3)19-20(5)11(14)4/h6-7H,1-5H3,(H2,17,18,21). The lowest BCUT2D eigenvalue weighted by molar-refractivity contribution is 0.731. The van der Waals surface area contributed by atoms with Gasteiger partial charge in [0.05, 0.1) is 27.8 Å². The van der Waals surface area contributed by atoms with Crippen molar-refractivity contribution in [1.82, 2.24) is 9.78 Å². The van der Waals surface area contributed by atoms with Gasteiger partial charge in [0.15, 0.2) is 5.11 Å². The molecule has 0 spiro atoms. The van der Waals surface area contributed by atoms with Crippen molar-refractivity contribution in [3.05, 3.63) is 39.7 Å². The number of nitrogens with one attached hydrogen (secondary N) is 2. The molecule has 1 aromatic heterocycles. The molecule has 0 unspecified atom stereocenters. The van der Waals surface area contributed by atoms with Gasteiger partial charge in [-0.25, -0.2) is 0 Å². The molecule has 112 valence electrons. The van der Waals surface area contributed by atoms with Crippen LogP contribution < -0.4 is 10.6 Å². The number of anilines is 2. The molecule has 0 aliphatic rings. The summed E-state index contributed by atoms with van der Waals surface area (Å²) in [4.78, 5) is 0. The van der Waals surface area contributed by atoms with Crippen LogP contribution in [-0.2, 0) is 7.05 Å². The van der Waals surface area contributed by atoms with Crippen LogP contribution in [0.3, 0.4) is 0 Å². The average Bonchev–Trinajstić information content (AvgIpc) is 2.60. The van der Waals surface area contributed by atoms with Gasteiger partial charge in [0.25, 0.3) is 0 Å². The van der Waals surface area contributed by atoms with Crippen LogP contribution in [0.1, 0.15) is 22.5 Å². The number of thiocarbonyl (C=S) groups is 1. The van der Waals surface area contributed by atoms with Crippen molar-refractivity contribution in [2.45, 2.75) is 27.7 Å². The summed E-state index contributed by atoms with van der Waals surface area (Å²) in [5.41, 5.74) is 5.88. The molecule has 2 N–H and O–H groups in total. The van der Waals surface area contributed by atoms with Gasteiger partial charge >= 0.3 is 0 Å². The Morgan fingerprint density at radius 3 is 2.29 bits per heavy atom. The molecule has 21 heavy (non-hydrogen) atoms. The molecule has 0 aliphatic carbocycles. The fourth-order valence-corrected chi connectivity index (χ4v) is 2.86. The van der Waals surface area contributed by atoms with Crippen molar-refractivity contribution in [1.29, 1.82) is 0 Å². The Morgan fingerprint density at radius 2 is 1.76 bits per heavy atom. The number of benzene rings is 1. The maximum absolute atomic E-state index is 6.28. The van der Waals surface area contributed by atoms with Crippen molar-refractivity contribution in [2.24, 2.45) is 7.05 Å². The van der Waals surface area contributed by atoms with E-state index >= 15 is 0 Å². The summed E-state index contributed by atoms with van der Waals surface area (Å²) in [7, 11) is 1.91. The Labute approximate surface area is 135 Å². The molecule has 0 radical (unpaired) electrons. The highest BCUT2D eigenvalue weighted by Crippen LogP contribution is 2.28. The number of rotatable bonds is 2. The minimum Gasteiger partial charge on any atom is -0.331 e. The van der Waals surface area contributed by atoms with Gasteiger partial charge < -0.3 is 10.6 Å². The molecule has 4 nitrogen and oxygen atoms in total. The summed E-state index contributed by atoms with van der Waals surface area (Å²) >= 11 is 11.7. The summed E-state index contributed by atoms with van der Waals surface area (Å²) in [5, 5.41) is 11.9. The number of aryl methyl sites for hydroxylation is 4. The molecular weight excluding hydrogens is 304 g/mol. The number of hydrogen-bond donors (Lipinski definition) is 2. The Bertz CT molecular complexity index is 683. The number of halogens is 1. The molecule has 0 atom stereocenters. The van der Waals surface area contributed by atoms with Crippen LogP contribution in [0.5, 0.6) is 0 Å². The van der Waals surface area contributed by atoms with E-state index in [2.05, 4.69) is 21.8 Å². The van der Waals surface area contributed by atoms with Crippen LogP contribution in [0.2, 0.25) is 5.02 Å². The molecule has 2 aromatic rings. The lowest BCUT2D eigenvalue weighted by Gasteiger charge is -2.15. The van der Waals surface area contributed by atoms with Crippen molar-refractivity contribution in [2.75, 3.05) is 10.6 Å². The lowest BCUT2D eigenvalue weighted by Crippen LogP contribution is -2.20. The zero-order chi connectivity index (χ0) is 15.7. The molecule has 1 heterocycles. The molecule has 0 amide bonds. The first-order chi connectivity index (χ1) is 9.79. The van der Waals surface area contributed by atoms with E-state index in [9.17, 15) is 0 Å². The fraction of sp³-hybridized carbons (Fsp3) is 0.333. The molecule has 6 heteroatoms. The second-order valence-corrected chi connectivity index (χ2v) is 6.00. The zero-order valence-electron chi connectivity index (χ0n) is 12.8. The van der Waals surface area contributed by atoms with Gasteiger partial charge in [0.2, 0.25) is 0 Å². The summed E-state index contributed by atoms with van der Waals surface area (Å²) in [6.45, 7) is 7.96. The second-order valence-electron chi connectivity index (χ2n) is 5.19. The predicted octanol–water partition coefficient (Wildman–Crippen LogP) is 4.12. The third-order valence-electron chi connectivity index (χ3n) is 3.42. The van der Waals surface area contributed by atoms with E-state index in [1.54, 1.807) is 0 Å². The van der Waals surface area contributed by atoms with Crippen LogP contribution in [0, 0.1) is 27.7 Å². The van der Waals surface area contributed by atoms with Crippen molar-refractivity contribution >= 4 is 40.3 Å². The van der Waals surface area contributed by atoms with Crippen LogP contribution in [-0.4, -0.2) is 14.9 Å². The van der Waals surface area contributed by atoms with Crippen molar-refractivity contribution in [3.63, 3.8) is 0 Å². The van der Waals surface area contributed by atoms with Gasteiger partial charge in [-0.1, -0.05) is 17.7 Å². The quantitative estimate of drug-likeness (QED) is 0.816. The second kappa shape index (κ2) is 6.03. The number of aromatic nitrogens is 2. The largest absolute Gasteiger partial charge is 0.331 e. The van der Waals surface area contributed by atoms with Crippen LogP contribution >= 0.6 is 23.8 Å². The lowest BCUT2D eigenvalue weighted by atomic mass is 10.1. The molecule has 2 rings (SSSR count). The molecule has 0 saturated carbocycles. The highest BCUT2D eigenvalue weighted by molar-refractivity contribution is 7.80.